The van der Waals surface area contributed by atoms with E-state index < -0.39 is 11.9 Å². The Kier molecular flexibility index (Phi) is 4.10. The minimum absolute atomic E-state index is 0.0387. The molecule has 20 heavy (non-hydrogen) atoms. The molecule has 0 aliphatic carbocycles. The van der Waals surface area contributed by atoms with Gasteiger partial charge in [-0.25, -0.2) is 4.79 Å². The van der Waals surface area contributed by atoms with Gasteiger partial charge in [-0.2, -0.15) is 0 Å². The zero-order chi connectivity index (χ0) is 14.7. The van der Waals surface area contributed by atoms with Crippen LogP contribution in [0.25, 0.3) is 0 Å². The SMILES string of the molecule is CC(NC(=O)c1ccc(C(=O)O)o1)c1ccc(Cl)cc1. The second-order valence-electron chi connectivity index (χ2n) is 4.22. The third-order valence-corrected chi connectivity index (χ3v) is 3.01. The lowest BCUT2D eigenvalue weighted by Gasteiger charge is -2.13. The largest absolute Gasteiger partial charge is 0.475 e. The number of halogens is 1. The molecule has 0 spiro atoms. The molecule has 1 unspecified atom stereocenters. The fourth-order valence-corrected chi connectivity index (χ4v) is 1.80. The molecule has 0 aliphatic heterocycles. The summed E-state index contributed by atoms with van der Waals surface area (Å²) in [6.07, 6.45) is 0. The highest BCUT2D eigenvalue weighted by Crippen LogP contribution is 2.17. The molecule has 0 saturated carbocycles. The number of nitrogens with one attached hydrogen (secondary N) is 1. The Morgan fingerprint density at radius 1 is 1.15 bits per heavy atom. The Morgan fingerprint density at radius 3 is 2.30 bits per heavy atom. The van der Waals surface area contributed by atoms with Crippen LogP contribution in [0.15, 0.2) is 40.8 Å². The standard InChI is InChI=1S/C14H12ClNO4/c1-8(9-2-4-10(15)5-3-9)16-13(17)11-6-7-12(20-11)14(18)19/h2-8H,1H3,(H,16,17)(H,18,19). The molecule has 1 atom stereocenters. The van der Waals surface area contributed by atoms with E-state index in [9.17, 15) is 9.59 Å². The first-order valence-electron chi connectivity index (χ1n) is 5.87. The molecule has 0 fully saturated rings. The molecule has 1 aromatic heterocycles. The number of hydrogen-bond acceptors (Lipinski definition) is 3. The van der Waals surface area contributed by atoms with Crippen molar-refractivity contribution in [1.82, 2.24) is 5.32 Å². The van der Waals surface area contributed by atoms with Crippen molar-refractivity contribution in [3.63, 3.8) is 0 Å². The lowest BCUT2D eigenvalue weighted by atomic mass is 10.1. The van der Waals surface area contributed by atoms with Gasteiger partial charge in [-0.1, -0.05) is 23.7 Å². The van der Waals surface area contributed by atoms with E-state index >= 15 is 0 Å². The maximum Gasteiger partial charge on any atom is 0.371 e. The van der Waals surface area contributed by atoms with Crippen LogP contribution in [0.4, 0.5) is 0 Å². The van der Waals surface area contributed by atoms with Crippen molar-refractivity contribution in [3.05, 3.63) is 58.5 Å². The molecule has 1 aromatic carbocycles. The summed E-state index contributed by atoms with van der Waals surface area (Å²) in [5.41, 5.74) is 0.882. The number of carbonyl (C=O) groups excluding carboxylic acids is 1. The van der Waals surface area contributed by atoms with Crippen LogP contribution in [-0.4, -0.2) is 17.0 Å². The van der Waals surface area contributed by atoms with Gasteiger partial charge in [-0.05, 0) is 36.8 Å². The predicted octanol–water partition coefficient (Wildman–Crippen LogP) is 3.12. The molecular formula is C14H12ClNO4. The molecule has 2 N–H and O–H groups in total. The number of rotatable bonds is 4. The number of hydrogen-bond donors (Lipinski definition) is 2. The smallest absolute Gasteiger partial charge is 0.371 e. The number of aromatic carboxylic acids is 1. The number of benzene rings is 1. The molecule has 0 aliphatic rings. The van der Waals surface area contributed by atoms with Crippen molar-refractivity contribution >= 4 is 23.5 Å². The first-order chi connectivity index (χ1) is 9.47. The molecule has 0 radical (unpaired) electrons. The number of carboxylic acid groups (broad SMARTS) is 1. The molecule has 2 aromatic rings. The maximum absolute atomic E-state index is 11.9. The minimum Gasteiger partial charge on any atom is -0.475 e. The van der Waals surface area contributed by atoms with E-state index in [1.54, 1.807) is 24.3 Å². The second kappa shape index (κ2) is 5.79. The minimum atomic E-state index is -1.21. The molecule has 1 amide bonds. The van der Waals surface area contributed by atoms with Crippen molar-refractivity contribution in [2.45, 2.75) is 13.0 Å². The maximum atomic E-state index is 11.9. The quantitative estimate of drug-likeness (QED) is 0.907. The normalized spacial score (nSPS) is 11.9. The van der Waals surface area contributed by atoms with Crippen molar-refractivity contribution in [2.24, 2.45) is 0 Å². The number of amides is 1. The molecule has 0 saturated heterocycles. The van der Waals surface area contributed by atoms with Crippen LogP contribution in [0.2, 0.25) is 5.02 Å². The molecule has 1 heterocycles. The zero-order valence-electron chi connectivity index (χ0n) is 10.6. The fourth-order valence-electron chi connectivity index (χ4n) is 1.68. The lowest BCUT2D eigenvalue weighted by Crippen LogP contribution is -2.26. The highest BCUT2D eigenvalue weighted by molar-refractivity contribution is 6.30. The predicted molar refractivity (Wildman–Crippen MR) is 73.0 cm³/mol. The van der Waals surface area contributed by atoms with Crippen LogP contribution in [-0.2, 0) is 0 Å². The summed E-state index contributed by atoms with van der Waals surface area (Å²) in [4.78, 5) is 22.6. The van der Waals surface area contributed by atoms with Gasteiger partial charge >= 0.3 is 5.97 Å². The van der Waals surface area contributed by atoms with Gasteiger partial charge in [0.1, 0.15) is 0 Å². The second-order valence-corrected chi connectivity index (χ2v) is 4.65. The summed E-state index contributed by atoms with van der Waals surface area (Å²) in [6, 6.07) is 9.38. The van der Waals surface area contributed by atoms with Gasteiger partial charge in [0.05, 0.1) is 6.04 Å². The number of furan rings is 1. The van der Waals surface area contributed by atoms with E-state index in [2.05, 4.69) is 5.32 Å². The van der Waals surface area contributed by atoms with Gasteiger partial charge in [0, 0.05) is 5.02 Å². The summed E-state index contributed by atoms with van der Waals surface area (Å²) < 4.78 is 4.93. The Bertz CT molecular complexity index is 633. The van der Waals surface area contributed by atoms with Gasteiger partial charge in [0.25, 0.3) is 5.91 Å². The molecule has 104 valence electrons. The van der Waals surface area contributed by atoms with Crippen LogP contribution < -0.4 is 5.32 Å². The molecular weight excluding hydrogens is 282 g/mol. The average Bonchev–Trinajstić information content (AvgIpc) is 2.89. The van der Waals surface area contributed by atoms with Crippen LogP contribution in [0, 0.1) is 0 Å². The molecule has 0 bridgehead atoms. The topological polar surface area (TPSA) is 79.5 Å². The Morgan fingerprint density at radius 2 is 1.75 bits per heavy atom. The Hall–Kier alpha value is -2.27. The zero-order valence-corrected chi connectivity index (χ0v) is 11.3. The highest BCUT2D eigenvalue weighted by atomic mass is 35.5. The summed E-state index contributed by atoms with van der Waals surface area (Å²) >= 11 is 5.79. The summed E-state index contributed by atoms with van der Waals surface area (Å²) in [5.74, 6) is -1.99. The van der Waals surface area contributed by atoms with Gasteiger partial charge in [0.2, 0.25) is 5.76 Å². The van der Waals surface area contributed by atoms with E-state index in [1.807, 2.05) is 6.92 Å². The Balaban J connectivity index is 2.06. The monoisotopic (exact) mass is 293 g/mol. The van der Waals surface area contributed by atoms with E-state index in [0.29, 0.717) is 5.02 Å². The fraction of sp³-hybridized carbons (Fsp3) is 0.143. The first kappa shape index (κ1) is 14.1. The molecule has 5 nitrogen and oxygen atoms in total. The average molecular weight is 294 g/mol. The number of carboxylic acids is 1. The third-order valence-electron chi connectivity index (χ3n) is 2.76. The van der Waals surface area contributed by atoms with E-state index in [1.165, 1.54) is 12.1 Å². The van der Waals surface area contributed by atoms with Gasteiger partial charge in [-0.15, -0.1) is 0 Å². The van der Waals surface area contributed by atoms with Gasteiger partial charge < -0.3 is 14.8 Å². The van der Waals surface area contributed by atoms with Gasteiger partial charge in [0.15, 0.2) is 5.76 Å². The lowest BCUT2D eigenvalue weighted by molar-refractivity contribution is 0.0659. The molecule has 2 rings (SSSR count). The van der Waals surface area contributed by atoms with Crippen LogP contribution >= 0.6 is 11.6 Å². The van der Waals surface area contributed by atoms with Crippen LogP contribution in [0.3, 0.4) is 0 Å². The van der Waals surface area contributed by atoms with E-state index in [4.69, 9.17) is 21.1 Å². The summed E-state index contributed by atoms with van der Waals surface area (Å²) in [6.45, 7) is 1.81. The Labute approximate surface area is 120 Å². The molecule has 6 heteroatoms. The first-order valence-corrected chi connectivity index (χ1v) is 6.24. The number of carbonyl (C=O) groups is 2. The van der Waals surface area contributed by atoms with Crippen LogP contribution in [0.5, 0.6) is 0 Å². The van der Waals surface area contributed by atoms with E-state index in [-0.39, 0.29) is 17.6 Å². The summed E-state index contributed by atoms with van der Waals surface area (Å²) in [7, 11) is 0. The van der Waals surface area contributed by atoms with Gasteiger partial charge in [-0.3, -0.25) is 4.79 Å². The van der Waals surface area contributed by atoms with Crippen molar-refractivity contribution in [2.75, 3.05) is 0 Å². The third kappa shape index (κ3) is 3.19. The van der Waals surface area contributed by atoms with Crippen molar-refractivity contribution in [1.29, 1.82) is 0 Å². The van der Waals surface area contributed by atoms with Crippen molar-refractivity contribution in [3.8, 4) is 0 Å². The summed E-state index contributed by atoms with van der Waals surface area (Å²) in [5, 5.41) is 12.1. The van der Waals surface area contributed by atoms with Crippen molar-refractivity contribution < 1.29 is 19.1 Å². The van der Waals surface area contributed by atoms with E-state index in [0.717, 1.165) is 5.56 Å². The van der Waals surface area contributed by atoms with Crippen LogP contribution in [0.1, 0.15) is 39.6 Å². The highest BCUT2D eigenvalue weighted by Gasteiger charge is 2.17.